The van der Waals surface area contributed by atoms with Crippen LogP contribution in [0.5, 0.6) is 0 Å². The first kappa shape index (κ1) is 16.8. The topological polar surface area (TPSA) is 29.3 Å². The molecular formula is C15H23F3N2. The predicted octanol–water partition coefficient (Wildman–Crippen LogP) is 4.04. The molecule has 2 N–H and O–H groups in total. The number of hydrogen-bond donors (Lipinski definition) is 1. The van der Waals surface area contributed by atoms with Gasteiger partial charge in [0.25, 0.3) is 0 Å². The van der Waals surface area contributed by atoms with E-state index in [1.807, 2.05) is 6.92 Å². The van der Waals surface area contributed by atoms with Gasteiger partial charge < -0.3 is 10.6 Å². The number of nitrogens with two attached hydrogens (primary N) is 1. The van der Waals surface area contributed by atoms with E-state index in [4.69, 9.17) is 5.73 Å². The minimum atomic E-state index is -4.35. The highest BCUT2D eigenvalue weighted by molar-refractivity contribution is 5.51. The fourth-order valence-electron chi connectivity index (χ4n) is 2.14. The van der Waals surface area contributed by atoms with Gasteiger partial charge in [-0.3, -0.25) is 0 Å². The van der Waals surface area contributed by atoms with Gasteiger partial charge in [-0.25, -0.2) is 0 Å². The van der Waals surface area contributed by atoms with Crippen molar-refractivity contribution >= 4 is 5.69 Å². The molecule has 1 aromatic carbocycles. The first-order chi connectivity index (χ1) is 9.33. The average Bonchev–Trinajstić information content (AvgIpc) is 2.42. The van der Waals surface area contributed by atoms with E-state index in [1.165, 1.54) is 6.07 Å². The lowest BCUT2D eigenvalue weighted by atomic mass is 10.0. The highest BCUT2D eigenvalue weighted by Gasteiger charge is 2.33. The van der Waals surface area contributed by atoms with Crippen LogP contribution in [0.2, 0.25) is 0 Å². The third-order valence-corrected chi connectivity index (χ3v) is 3.59. The van der Waals surface area contributed by atoms with Crippen molar-refractivity contribution in [2.24, 2.45) is 11.7 Å². The van der Waals surface area contributed by atoms with Crippen LogP contribution in [0.25, 0.3) is 0 Å². The van der Waals surface area contributed by atoms with E-state index in [2.05, 4.69) is 18.7 Å². The number of anilines is 1. The predicted molar refractivity (Wildman–Crippen MR) is 76.7 cm³/mol. The largest absolute Gasteiger partial charge is 0.416 e. The Morgan fingerprint density at radius 2 is 1.90 bits per heavy atom. The zero-order valence-corrected chi connectivity index (χ0v) is 12.3. The van der Waals surface area contributed by atoms with E-state index in [-0.39, 0.29) is 12.1 Å². The molecule has 1 aromatic rings. The lowest BCUT2D eigenvalue weighted by Crippen LogP contribution is -2.28. The van der Waals surface area contributed by atoms with Crippen LogP contribution in [0.3, 0.4) is 0 Å². The highest BCUT2D eigenvalue weighted by Crippen LogP contribution is 2.34. The molecule has 0 aromatic heterocycles. The molecule has 1 unspecified atom stereocenters. The van der Waals surface area contributed by atoms with E-state index in [0.717, 1.165) is 31.3 Å². The van der Waals surface area contributed by atoms with E-state index in [0.29, 0.717) is 5.92 Å². The number of rotatable bonds is 6. The lowest BCUT2D eigenvalue weighted by molar-refractivity contribution is -0.138. The Kier molecular flexibility index (Phi) is 5.87. The summed E-state index contributed by atoms with van der Waals surface area (Å²) < 4.78 is 38.5. The summed E-state index contributed by atoms with van der Waals surface area (Å²) in [6.45, 7) is 7.74. The molecule has 0 bridgehead atoms. The number of benzene rings is 1. The van der Waals surface area contributed by atoms with E-state index in [1.54, 1.807) is 6.07 Å². The van der Waals surface area contributed by atoms with Gasteiger partial charge >= 0.3 is 6.18 Å². The van der Waals surface area contributed by atoms with E-state index >= 15 is 0 Å². The van der Waals surface area contributed by atoms with Crippen LogP contribution in [0, 0.1) is 5.92 Å². The third kappa shape index (κ3) is 4.13. The molecule has 0 saturated heterocycles. The Hall–Kier alpha value is -1.23. The maximum absolute atomic E-state index is 12.8. The smallest absolute Gasteiger partial charge is 0.372 e. The second-order valence-corrected chi connectivity index (χ2v) is 5.10. The van der Waals surface area contributed by atoms with Crippen LogP contribution in [-0.4, -0.2) is 13.1 Å². The molecular weight excluding hydrogens is 265 g/mol. The molecule has 20 heavy (non-hydrogen) atoms. The van der Waals surface area contributed by atoms with Gasteiger partial charge in [-0.1, -0.05) is 20.3 Å². The van der Waals surface area contributed by atoms with Gasteiger partial charge in [0, 0.05) is 25.3 Å². The van der Waals surface area contributed by atoms with Crippen LogP contribution >= 0.6 is 0 Å². The Bertz CT molecular complexity index is 430. The zero-order chi connectivity index (χ0) is 15.3. The fraction of sp³-hybridized carbons (Fsp3) is 0.600. The molecule has 114 valence electrons. The Labute approximate surface area is 118 Å². The van der Waals surface area contributed by atoms with Gasteiger partial charge in [0.1, 0.15) is 0 Å². The van der Waals surface area contributed by atoms with Gasteiger partial charge in [0.15, 0.2) is 0 Å². The van der Waals surface area contributed by atoms with Gasteiger partial charge in [0.05, 0.1) is 5.56 Å². The van der Waals surface area contributed by atoms with Crippen LogP contribution < -0.4 is 10.6 Å². The molecule has 2 nitrogen and oxygen atoms in total. The second-order valence-electron chi connectivity index (χ2n) is 5.10. The Morgan fingerprint density at radius 3 is 2.35 bits per heavy atom. The maximum Gasteiger partial charge on any atom is 0.416 e. The van der Waals surface area contributed by atoms with Crippen molar-refractivity contribution in [3.05, 3.63) is 29.3 Å². The molecule has 0 saturated carbocycles. The van der Waals surface area contributed by atoms with Gasteiger partial charge in [0.2, 0.25) is 0 Å². The molecule has 5 heteroatoms. The number of halogens is 3. The quantitative estimate of drug-likeness (QED) is 0.856. The standard InChI is InChI=1S/C15H23F3N2/c1-4-11(3)10-20(5-2)13-6-7-14(15(16,17)18)12(8-13)9-19/h6-8,11H,4-5,9-10,19H2,1-3H3. The van der Waals surface area contributed by atoms with Gasteiger partial charge in [-0.05, 0) is 36.6 Å². The van der Waals surface area contributed by atoms with Gasteiger partial charge in [-0.2, -0.15) is 13.2 Å². The summed E-state index contributed by atoms with van der Waals surface area (Å²) in [5.74, 6) is 0.499. The molecule has 0 aliphatic rings. The summed E-state index contributed by atoms with van der Waals surface area (Å²) in [6, 6.07) is 4.24. The number of nitrogens with zero attached hydrogens (tertiary/aromatic N) is 1. The van der Waals surface area contributed by atoms with Gasteiger partial charge in [-0.15, -0.1) is 0 Å². The second kappa shape index (κ2) is 6.97. The van der Waals surface area contributed by atoms with Crippen molar-refractivity contribution in [3.8, 4) is 0 Å². The molecule has 0 heterocycles. The summed E-state index contributed by atoms with van der Waals surface area (Å²) in [6.07, 6.45) is -3.30. The fourth-order valence-corrected chi connectivity index (χ4v) is 2.14. The normalized spacial score (nSPS) is 13.3. The molecule has 0 amide bonds. The summed E-state index contributed by atoms with van der Waals surface area (Å²) in [4.78, 5) is 2.09. The summed E-state index contributed by atoms with van der Waals surface area (Å²) in [5.41, 5.74) is 5.79. The zero-order valence-electron chi connectivity index (χ0n) is 12.3. The van der Waals surface area contributed by atoms with Crippen molar-refractivity contribution in [1.82, 2.24) is 0 Å². The summed E-state index contributed by atoms with van der Waals surface area (Å²) in [5, 5.41) is 0. The minimum absolute atomic E-state index is 0.108. The SMILES string of the molecule is CCC(C)CN(CC)c1ccc(C(F)(F)F)c(CN)c1. The first-order valence-electron chi connectivity index (χ1n) is 6.98. The molecule has 0 aliphatic heterocycles. The van der Waals surface area contributed by atoms with Crippen molar-refractivity contribution < 1.29 is 13.2 Å². The highest BCUT2D eigenvalue weighted by atomic mass is 19.4. The van der Waals surface area contributed by atoms with Crippen molar-refractivity contribution in [2.75, 3.05) is 18.0 Å². The molecule has 1 rings (SSSR count). The van der Waals surface area contributed by atoms with Crippen LogP contribution in [0.1, 0.15) is 38.3 Å². The molecule has 0 fully saturated rings. The van der Waals surface area contributed by atoms with Crippen molar-refractivity contribution in [2.45, 2.75) is 39.9 Å². The molecule has 0 radical (unpaired) electrons. The Balaban J connectivity index is 3.07. The van der Waals surface area contributed by atoms with Crippen LogP contribution in [0.4, 0.5) is 18.9 Å². The van der Waals surface area contributed by atoms with Crippen LogP contribution in [-0.2, 0) is 12.7 Å². The molecule has 1 atom stereocenters. The summed E-state index contributed by atoms with van der Waals surface area (Å²) >= 11 is 0. The van der Waals surface area contributed by atoms with Crippen molar-refractivity contribution in [3.63, 3.8) is 0 Å². The van der Waals surface area contributed by atoms with E-state index < -0.39 is 11.7 Å². The van der Waals surface area contributed by atoms with Crippen molar-refractivity contribution in [1.29, 1.82) is 0 Å². The first-order valence-corrected chi connectivity index (χ1v) is 6.98. The molecule has 0 spiro atoms. The lowest BCUT2D eigenvalue weighted by Gasteiger charge is -2.27. The monoisotopic (exact) mass is 288 g/mol. The minimum Gasteiger partial charge on any atom is -0.372 e. The third-order valence-electron chi connectivity index (χ3n) is 3.59. The average molecular weight is 288 g/mol. The van der Waals surface area contributed by atoms with Crippen LogP contribution in [0.15, 0.2) is 18.2 Å². The number of alkyl halides is 3. The maximum atomic E-state index is 12.8. The van der Waals surface area contributed by atoms with E-state index in [9.17, 15) is 13.2 Å². The number of hydrogen-bond acceptors (Lipinski definition) is 2. The summed E-state index contributed by atoms with van der Waals surface area (Å²) in [7, 11) is 0. The Morgan fingerprint density at radius 1 is 1.25 bits per heavy atom. The molecule has 0 aliphatic carbocycles.